The Morgan fingerprint density at radius 2 is 2.19 bits per heavy atom. The van der Waals surface area contributed by atoms with Gasteiger partial charge in [0, 0.05) is 43.4 Å². The first-order valence-electron chi connectivity index (χ1n) is 9.72. The van der Waals surface area contributed by atoms with Crippen LogP contribution in [0, 0.1) is 11.3 Å². The predicted octanol–water partition coefficient (Wildman–Crippen LogP) is 2.16. The van der Waals surface area contributed by atoms with Gasteiger partial charge in [0.25, 0.3) is 0 Å². The van der Waals surface area contributed by atoms with Crippen LogP contribution in [-0.2, 0) is 4.74 Å². The van der Waals surface area contributed by atoms with Crippen LogP contribution in [0.5, 0.6) is 0 Å². The van der Waals surface area contributed by atoms with E-state index in [0.717, 1.165) is 62.2 Å². The normalized spacial score (nSPS) is 26.9. The van der Waals surface area contributed by atoms with Crippen LogP contribution in [0.25, 0.3) is 10.9 Å². The van der Waals surface area contributed by atoms with Crippen LogP contribution in [0.2, 0.25) is 0 Å². The largest absolute Gasteiger partial charge is 0.392 e. The van der Waals surface area contributed by atoms with Gasteiger partial charge < -0.3 is 14.7 Å². The lowest BCUT2D eigenvalue weighted by Gasteiger charge is -2.41. The molecule has 0 amide bonds. The van der Waals surface area contributed by atoms with Crippen LogP contribution in [-0.4, -0.2) is 66.0 Å². The van der Waals surface area contributed by atoms with E-state index in [9.17, 15) is 10.4 Å². The number of hydrogen-bond donors (Lipinski definition) is 1. The minimum Gasteiger partial charge on any atom is -0.392 e. The van der Waals surface area contributed by atoms with Crippen molar-refractivity contribution < 1.29 is 9.84 Å². The molecule has 0 unspecified atom stereocenters. The molecule has 2 fully saturated rings. The summed E-state index contributed by atoms with van der Waals surface area (Å²) in [5.74, 6) is 0. The second kappa shape index (κ2) is 7.81. The summed E-state index contributed by atoms with van der Waals surface area (Å²) >= 11 is 0. The third-order valence-corrected chi connectivity index (χ3v) is 5.48. The first-order valence-corrected chi connectivity index (χ1v) is 9.72. The summed E-state index contributed by atoms with van der Waals surface area (Å²) in [6.07, 6.45) is 3.68. The fourth-order valence-electron chi connectivity index (χ4n) is 4.35. The molecule has 0 bridgehead atoms. The Kier molecular flexibility index (Phi) is 5.26. The van der Waals surface area contributed by atoms with E-state index in [1.54, 1.807) is 6.20 Å². The molecule has 6 nitrogen and oxygen atoms in total. The van der Waals surface area contributed by atoms with E-state index in [-0.39, 0.29) is 18.3 Å². The molecule has 0 saturated carbocycles. The maximum absolute atomic E-state index is 9.93. The Hall–Kier alpha value is -2.20. The lowest BCUT2D eigenvalue weighted by Crippen LogP contribution is -2.52. The predicted molar refractivity (Wildman–Crippen MR) is 105 cm³/mol. The molecule has 2 aliphatic heterocycles. The number of pyridine rings is 1. The molecule has 0 radical (unpaired) electrons. The minimum atomic E-state index is -0.218. The van der Waals surface area contributed by atoms with Gasteiger partial charge in [-0.25, -0.2) is 0 Å². The quantitative estimate of drug-likeness (QED) is 0.897. The number of aromatic nitrogens is 1. The highest BCUT2D eigenvalue weighted by atomic mass is 16.5. The number of anilines is 1. The molecule has 27 heavy (non-hydrogen) atoms. The van der Waals surface area contributed by atoms with Gasteiger partial charge in [0.15, 0.2) is 0 Å². The van der Waals surface area contributed by atoms with Gasteiger partial charge in [0.2, 0.25) is 0 Å². The molecule has 0 spiro atoms. The van der Waals surface area contributed by atoms with Crippen molar-refractivity contribution in [3.8, 4) is 6.07 Å². The van der Waals surface area contributed by atoms with Crippen molar-refractivity contribution in [3.63, 3.8) is 0 Å². The maximum Gasteiger partial charge on any atom is 0.101 e. The van der Waals surface area contributed by atoms with E-state index < -0.39 is 0 Å². The first-order chi connectivity index (χ1) is 13.1. The highest BCUT2D eigenvalue weighted by molar-refractivity contribution is 5.95. The van der Waals surface area contributed by atoms with Crippen molar-refractivity contribution in [3.05, 3.63) is 36.0 Å². The minimum absolute atomic E-state index is 0.0985. The number of aliphatic hydroxyl groups is 1. The average Bonchev–Trinajstić information content (AvgIpc) is 2.66. The first kappa shape index (κ1) is 18.2. The molecule has 1 aromatic carbocycles. The van der Waals surface area contributed by atoms with Crippen molar-refractivity contribution in [2.24, 2.45) is 0 Å². The second-order valence-corrected chi connectivity index (χ2v) is 7.67. The number of piperidine rings is 1. The summed E-state index contributed by atoms with van der Waals surface area (Å²) in [5.41, 5.74) is 2.47. The molecule has 2 saturated heterocycles. The molecule has 1 N–H and O–H groups in total. The van der Waals surface area contributed by atoms with E-state index in [4.69, 9.17) is 4.74 Å². The lowest BCUT2D eigenvalue weighted by molar-refractivity contribution is -0.0426. The molecular formula is C21H26N4O2. The Labute approximate surface area is 160 Å². The molecule has 3 atom stereocenters. The monoisotopic (exact) mass is 366 g/mol. The van der Waals surface area contributed by atoms with Gasteiger partial charge in [-0.05, 0) is 50.6 Å². The third-order valence-electron chi connectivity index (χ3n) is 5.48. The van der Waals surface area contributed by atoms with Gasteiger partial charge >= 0.3 is 0 Å². The molecule has 4 rings (SSSR count). The van der Waals surface area contributed by atoms with E-state index in [0.29, 0.717) is 5.56 Å². The summed E-state index contributed by atoms with van der Waals surface area (Å²) in [5, 5.41) is 20.3. The SMILES string of the molecule is C[C@@H]1CN(c2ccc(C#N)c3ncccc23)C[C@@H](CN2CCC[C@H](O)C2)O1. The van der Waals surface area contributed by atoms with E-state index in [1.807, 2.05) is 24.3 Å². The summed E-state index contributed by atoms with van der Waals surface area (Å²) in [6.45, 7) is 6.31. The Bertz CT molecular complexity index is 850. The van der Waals surface area contributed by atoms with Crippen LogP contribution in [0.3, 0.4) is 0 Å². The zero-order valence-corrected chi connectivity index (χ0v) is 15.7. The summed E-state index contributed by atoms with van der Waals surface area (Å²) in [6, 6.07) is 10.1. The van der Waals surface area contributed by atoms with E-state index in [1.165, 1.54) is 0 Å². The zero-order chi connectivity index (χ0) is 18.8. The number of nitriles is 1. The second-order valence-electron chi connectivity index (χ2n) is 7.67. The molecule has 0 aliphatic carbocycles. The van der Waals surface area contributed by atoms with Crippen LogP contribution in [0.1, 0.15) is 25.3 Å². The zero-order valence-electron chi connectivity index (χ0n) is 15.7. The highest BCUT2D eigenvalue weighted by Crippen LogP contribution is 2.30. The van der Waals surface area contributed by atoms with E-state index in [2.05, 4.69) is 27.8 Å². The molecular weight excluding hydrogens is 340 g/mol. The topological polar surface area (TPSA) is 72.6 Å². The Morgan fingerprint density at radius 1 is 1.30 bits per heavy atom. The smallest absolute Gasteiger partial charge is 0.101 e. The molecule has 2 aliphatic rings. The fourth-order valence-corrected chi connectivity index (χ4v) is 4.35. The summed E-state index contributed by atoms with van der Waals surface area (Å²) in [4.78, 5) is 9.10. The van der Waals surface area contributed by atoms with Crippen molar-refractivity contribution in [1.29, 1.82) is 5.26 Å². The number of aliphatic hydroxyl groups excluding tert-OH is 1. The Balaban J connectivity index is 1.57. The van der Waals surface area contributed by atoms with Crippen molar-refractivity contribution in [1.82, 2.24) is 9.88 Å². The van der Waals surface area contributed by atoms with Gasteiger partial charge in [-0.3, -0.25) is 9.88 Å². The molecule has 2 aromatic rings. The van der Waals surface area contributed by atoms with Gasteiger partial charge in [-0.15, -0.1) is 0 Å². The maximum atomic E-state index is 9.93. The fraction of sp³-hybridized carbons (Fsp3) is 0.524. The van der Waals surface area contributed by atoms with Crippen LogP contribution in [0.4, 0.5) is 5.69 Å². The van der Waals surface area contributed by atoms with Crippen molar-refractivity contribution >= 4 is 16.6 Å². The molecule has 3 heterocycles. The van der Waals surface area contributed by atoms with Crippen LogP contribution < -0.4 is 4.90 Å². The third kappa shape index (κ3) is 3.91. The number of nitrogens with zero attached hydrogens (tertiary/aromatic N) is 4. The van der Waals surface area contributed by atoms with Gasteiger partial charge in [-0.1, -0.05) is 0 Å². The Morgan fingerprint density at radius 3 is 3.00 bits per heavy atom. The number of fused-ring (bicyclic) bond motifs is 1. The lowest BCUT2D eigenvalue weighted by atomic mass is 10.1. The molecule has 6 heteroatoms. The molecule has 1 aromatic heterocycles. The summed E-state index contributed by atoms with van der Waals surface area (Å²) in [7, 11) is 0. The number of likely N-dealkylation sites (tertiary alicyclic amines) is 1. The standard InChI is InChI=1S/C21H26N4O2/c1-15-11-25(14-18(27-15)13-24-9-3-4-17(26)12-24)20-7-6-16(10-22)21-19(20)5-2-8-23-21/h2,5-8,15,17-18,26H,3-4,9,11-14H2,1H3/t15-,17+,18-/m1/s1. The number of morpholine rings is 1. The number of benzene rings is 1. The van der Waals surface area contributed by atoms with Gasteiger partial charge in [-0.2, -0.15) is 5.26 Å². The number of hydrogen-bond acceptors (Lipinski definition) is 6. The average molecular weight is 366 g/mol. The van der Waals surface area contributed by atoms with Gasteiger partial charge in [0.05, 0.1) is 29.4 Å². The summed E-state index contributed by atoms with van der Waals surface area (Å²) < 4.78 is 6.20. The van der Waals surface area contributed by atoms with Gasteiger partial charge in [0.1, 0.15) is 6.07 Å². The number of ether oxygens (including phenoxy) is 1. The van der Waals surface area contributed by atoms with Crippen LogP contribution >= 0.6 is 0 Å². The van der Waals surface area contributed by atoms with Crippen molar-refractivity contribution in [2.45, 2.75) is 38.1 Å². The molecule has 142 valence electrons. The van der Waals surface area contributed by atoms with E-state index >= 15 is 0 Å². The number of rotatable bonds is 3. The van der Waals surface area contributed by atoms with Crippen molar-refractivity contribution in [2.75, 3.05) is 37.6 Å². The highest BCUT2D eigenvalue weighted by Gasteiger charge is 2.29. The number of β-amino-alcohol motifs (C(OH)–C–C–N with tert-alkyl or cyclic N) is 1. The van der Waals surface area contributed by atoms with Crippen LogP contribution in [0.15, 0.2) is 30.5 Å².